The first-order valence-corrected chi connectivity index (χ1v) is 6.08. The Hall–Kier alpha value is -1.52. The summed E-state index contributed by atoms with van der Waals surface area (Å²) < 4.78 is 1.76. The normalized spacial score (nSPS) is 12.7. The number of para-hydroxylation sites is 1. The number of carbonyl (C=O) groups is 1. The molecule has 1 amide bonds. The zero-order valence-electron chi connectivity index (χ0n) is 10.3. The second-order valence-corrected chi connectivity index (χ2v) is 4.67. The lowest BCUT2D eigenvalue weighted by atomic mass is 10.2. The third kappa shape index (κ3) is 2.09. The van der Waals surface area contributed by atoms with Crippen LogP contribution in [0.2, 0.25) is 5.02 Å². The molecule has 1 atom stereocenters. The van der Waals surface area contributed by atoms with E-state index in [0.29, 0.717) is 10.7 Å². The minimum absolute atomic E-state index is 0.104. The number of nitrogens with zero attached hydrogens (tertiary/aromatic N) is 1. The van der Waals surface area contributed by atoms with Crippen molar-refractivity contribution in [3.63, 3.8) is 0 Å². The summed E-state index contributed by atoms with van der Waals surface area (Å²) in [6.45, 7) is 1.63. The van der Waals surface area contributed by atoms with E-state index in [1.165, 1.54) is 0 Å². The molecule has 0 spiro atoms. The summed E-state index contributed by atoms with van der Waals surface area (Å²) in [5, 5.41) is 12.9. The average molecular weight is 267 g/mol. The maximum Gasteiger partial charge on any atom is 0.269 e. The number of aliphatic hydroxyl groups is 1. The SMILES string of the molecule is CC(CO)NC(=O)c1c(Cl)c2ccccc2n1C. The lowest BCUT2D eigenvalue weighted by Crippen LogP contribution is -2.36. The number of fused-ring (bicyclic) bond motifs is 1. The van der Waals surface area contributed by atoms with Crippen molar-refractivity contribution >= 4 is 28.4 Å². The second kappa shape index (κ2) is 5.00. The smallest absolute Gasteiger partial charge is 0.269 e. The molecule has 0 radical (unpaired) electrons. The number of nitrogens with one attached hydrogen (secondary N) is 1. The van der Waals surface area contributed by atoms with E-state index in [1.54, 1.807) is 18.5 Å². The van der Waals surface area contributed by atoms with Gasteiger partial charge in [0.15, 0.2) is 0 Å². The molecule has 0 saturated carbocycles. The molecule has 1 heterocycles. The first-order valence-electron chi connectivity index (χ1n) is 5.71. The largest absolute Gasteiger partial charge is 0.394 e. The first-order chi connectivity index (χ1) is 8.56. The van der Waals surface area contributed by atoms with E-state index >= 15 is 0 Å². The van der Waals surface area contributed by atoms with Gasteiger partial charge in [-0.3, -0.25) is 4.79 Å². The van der Waals surface area contributed by atoms with Crippen molar-refractivity contribution in [3.05, 3.63) is 35.0 Å². The number of carbonyl (C=O) groups excluding carboxylic acids is 1. The summed E-state index contributed by atoms with van der Waals surface area (Å²) in [5.74, 6) is -0.278. The van der Waals surface area contributed by atoms with E-state index < -0.39 is 0 Å². The number of hydrogen-bond acceptors (Lipinski definition) is 2. The fourth-order valence-electron chi connectivity index (χ4n) is 1.94. The van der Waals surface area contributed by atoms with Crippen molar-refractivity contribution in [2.75, 3.05) is 6.61 Å². The van der Waals surface area contributed by atoms with Crippen molar-refractivity contribution < 1.29 is 9.90 Å². The Kier molecular flexibility index (Phi) is 3.59. The molecule has 4 nitrogen and oxygen atoms in total. The summed E-state index contributed by atoms with van der Waals surface area (Å²) in [4.78, 5) is 12.1. The summed E-state index contributed by atoms with van der Waals surface area (Å²) in [6.07, 6.45) is 0. The van der Waals surface area contributed by atoms with E-state index in [0.717, 1.165) is 10.9 Å². The Bertz CT molecular complexity index is 553. The van der Waals surface area contributed by atoms with Crippen LogP contribution in [0.3, 0.4) is 0 Å². The van der Waals surface area contributed by atoms with Crippen LogP contribution >= 0.6 is 11.6 Å². The number of aliphatic hydroxyl groups excluding tert-OH is 1. The van der Waals surface area contributed by atoms with Crippen LogP contribution in [0, 0.1) is 0 Å². The van der Waals surface area contributed by atoms with E-state index in [-0.39, 0.29) is 18.6 Å². The van der Waals surface area contributed by atoms with Gasteiger partial charge in [0, 0.05) is 24.0 Å². The summed E-state index contributed by atoms with van der Waals surface area (Å²) >= 11 is 6.24. The van der Waals surface area contributed by atoms with Crippen LogP contribution in [0.15, 0.2) is 24.3 Å². The van der Waals surface area contributed by atoms with Gasteiger partial charge in [-0.2, -0.15) is 0 Å². The van der Waals surface area contributed by atoms with Gasteiger partial charge in [-0.05, 0) is 13.0 Å². The van der Waals surface area contributed by atoms with Crippen molar-refractivity contribution in [1.29, 1.82) is 0 Å². The zero-order chi connectivity index (χ0) is 13.3. The Morgan fingerprint density at radius 3 is 2.78 bits per heavy atom. The molecule has 1 aromatic heterocycles. The van der Waals surface area contributed by atoms with E-state index in [9.17, 15) is 4.79 Å². The third-order valence-corrected chi connectivity index (χ3v) is 3.29. The van der Waals surface area contributed by atoms with Crippen LogP contribution in [0.1, 0.15) is 17.4 Å². The van der Waals surface area contributed by atoms with Crippen molar-refractivity contribution in [1.82, 2.24) is 9.88 Å². The quantitative estimate of drug-likeness (QED) is 0.892. The topological polar surface area (TPSA) is 54.3 Å². The average Bonchev–Trinajstić information content (AvgIpc) is 2.62. The summed E-state index contributed by atoms with van der Waals surface area (Å²) in [7, 11) is 1.80. The monoisotopic (exact) mass is 266 g/mol. The van der Waals surface area contributed by atoms with E-state index in [2.05, 4.69) is 5.32 Å². The van der Waals surface area contributed by atoms with Crippen LogP contribution in [-0.4, -0.2) is 28.2 Å². The predicted octanol–water partition coefficient (Wildman–Crippen LogP) is 1.94. The highest BCUT2D eigenvalue weighted by molar-refractivity contribution is 6.38. The van der Waals surface area contributed by atoms with Crippen molar-refractivity contribution in [3.8, 4) is 0 Å². The Morgan fingerprint density at radius 1 is 1.50 bits per heavy atom. The number of aromatic nitrogens is 1. The fraction of sp³-hybridized carbons (Fsp3) is 0.308. The minimum atomic E-state index is -0.299. The number of amides is 1. The van der Waals surface area contributed by atoms with Gasteiger partial charge >= 0.3 is 0 Å². The van der Waals surface area contributed by atoms with Crippen molar-refractivity contribution in [2.24, 2.45) is 7.05 Å². The molecular formula is C13H15ClN2O2. The number of benzene rings is 1. The number of hydrogen-bond donors (Lipinski definition) is 2. The fourth-order valence-corrected chi connectivity index (χ4v) is 2.31. The molecule has 2 rings (SSSR count). The van der Waals surface area contributed by atoms with Crippen molar-refractivity contribution in [2.45, 2.75) is 13.0 Å². The van der Waals surface area contributed by atoms with Crippen LogP contribution in [0.25, 0.3) is 10.9 Å². The van der Waals surface area contributed by atoms with Gasteiger partial charge in [0.25, 0.3) is 5.91 Å². The maximum atomic E-state index is 12.1. The molecule has 2 N–H and O–H groups in total. The van der Waals surface area contributed by atoms with E-state index in [1.807, 2.05) is 24.3 Å². The molecule has 0 aliphatic carbocycles. The molecule has 0 aliphatic heterocycles. The Morgan fingerprint density at radius 2 is 2.17 bits per heavy atom. The molecule has 0 bridgehead atoms. The summed E-state index contributed by atoms with van der Waals surface area (Å²) in [5.41, 5.74) is 1.32. The van der Waals surface area contributed by atoms with E-state index in [4.69, 9.17) is 16.7 Å². The second-order valence-electron chi connectivity index (χ2n) is 4.30. The molecule has 0 aliphatic rings. The van der Waals surface area contributed by atoms with Crippen LogP contribution < -0.4 is 5.32 Å². The minimum Gasteiger partial charge on any atom is -0.394 e. The molecule has 2 aromatic rings. The van der Waals surface area contributed by atoms with Gasteiger partial charge in [0.1, 0.15) is 5.69 Å². The molecule has 0 fully saturated rings. The molecule has 1 unspecified atom stereocenters. The molecule has 1 aromatic carbocycles. The molecule has 5 heteroatoms. The summed E-state index contributed by atoms with van der Waals surface area (Å²) in [6, 6.07) is 7.27. The van der Waals surface area contributed by atoms with Gasteiger partial charge in [-0.15, -0.1) is 0 Å². The van der Waals surface area contributed by atoms with Crippen LogP contribution in [0.5, 0.6) is 0 Å². The number of aryl methyl sites for hydroxylation is 1. The van der Waals surface area contributed by atoms with Gasteiger partial charge < -0.3 is 15.0 Å². The highest BCUT2D eigenvalue weighted by Crippen LogP contribution is 2.29. The molecule has 0 saturated heterocycles. The highest BCUT2D eigenvalue weighted by Gasteiger charge is 2.20. The standard InChI is InChI=1S/C13H15ClN2O2/c1-8(7-17)15-13(18)12-11(14)9-5-3-4-6-10(9)16(12)2/h3-6,8,17H,7H2,1-2H3,(H,15,18). The predicted molar refractivity (Wildman–Crippen MR) is 71.9 cm³/mol. The maximum absolute atomic E-state index is 12.1. The lowest BCUT2D eigenvalue weighted by molar-refractivity contribution is 0.0914. The molecular weight excluding hydrogens is 252 g/mol. The highest BCUT2D eigenvalue weighted by atomic mass is 35.5. The third-order valence-electron chi connectivity index (χ3n) is 2.91. The number of halogens is 1. The van der Waals surface area contributed by atoms with Crippen LogP contribution in [-0.2, 0) is 7.05 Å². The van der Waals surface area contributed by atoms with Crippen LogP contribution in [0.4, 0.5) is 0 Å². The van der Waals surface area contributed by atoms with Gasteiger partial charge in [0.05, 0.1) is 11.6 Å². The Labute approximate surface area is 110 Å². The molecule has 96 valence electrons. The number of rotatable bonds is 3. The first kappa shape index (κ1) is 12.9. The van der Waals surface area contributed by atoms with Gasteiger partial charge in [-0.25, -0.2) is 0 Å². The zero-order valence-corrected chi connectivity index (χ0v) is 11.0. The molecule has 18 heavy (non-hydrogen) atoms. The Balaban J connectivity index is 2.48. The van der Waals surface area contributed by atoms with Gasteiger partial charge in [0.2, 0.25) is 0 Å². The van der Waals surface area contributed by atoms with Gasteiger partial charge in [-0.1, -0.05) is 29.8 Å². The lowest BCUT2D eigenvalue weighted by Gasteiger charge is -2.11.